The number of hydrogen-bond donors (Lipinski definition) is 0. The molecule has 0 aromatic heterocycles. The predicted molar refractivity (Wildman–Crippen MR) is 123 cm³/mol. The number of fused-ring (bicyclic) bond motifs is 2. The second kappa shape index (κ2) is 10.3. The molecule has 7 nitrogen and oxygen atoms in total. The summed E-state index contributed by atoms with van der Waals surface area (Å²) in [7, 11) is -3.42. The molecule has 2 fully saturated rings. The second-order valence-corrected chi connectivity index (χ2v) is 10.9. The van der Waals surface area contributed by atoms with E-state index in [1.165, 1.54) is 28.3 Å². The van der Waals surface area contributed by atoms with Gasteiger partial charge < -0.3 is 4.74 Å². The summed E-state index contributed by atoms with van der Waals surface area (Å²) in [5.74, 6) is -0.368. The Bertz CT molecular complexity index is 1090. The molecule has 0 saturated carbocycles. The molecule has 0 aliphatic carbocycles. The Morgan fingerprint density at radius 3 is 2.33 bits per heavy atom. The van der Waals surface area contributed by atoms with Gasteiger partial charge in [0.2, 0.25) is 10.0 Å². The Hall–Kier alpha value is -2.35. The Kier molecular flexibility index (Phi) is 7.41. The van der Waals surface area contributed by atoms with Gasteiger partial charge in [-0.05, 0) is 35.4 Å². The Balaban J connectivity index is 1.31. The molecule has 33 heavy (non-hydrogen) atoms. The highest BCUT2D eigenvalue weighted by Gasteiger charge is 2.35. The van der Waals surface area contributed by atoms with Crippen LogP contribution in [0.1, 0.15) is 16.7 Å². The van der Waals surface area contributed by atoms with Gasteiger partial charge in [0.15, 0.2) is 0 Å². The van der Waals surface area contributed by atoms with Crippen molar-refractivity contribution >= 4 is 10.0 Å². The molecule has 0 amide bonds. The van der Waals surface area contributed by atoms with Crippen LogP contribution in [0.25, 0.3) is 0 Å². The van der Waals surface area contributed by atoms with E-state index in [0.717, 1.165) is 32.7 Å². The molecule has 0 N–H and O–H groups in total. The van der Waals surface area contributed by atoms with Gasteiger partial charge in [-0.3, -0.25) is 9.80 Å². The van der Waals surface area contributed by atoms with E-state index >= 15 is 0 Å². The van der Waals surface area contributed by atoms with Crippen molar-refractivity contribution < 1.29 is 17.5 Å². The van der Waals surface area contributed by atoms with Gasteiger partial charge in [0.05, 0.1) is 30.1 Å². The van der Waals surface area contributed by atoms with Crippen LogP contribution >= 0.6 is 0 Å². The number of nitriles is 1. The maximum absolute atomic E-state index is 13.5. The molecule has 2 aliphatic rings. The van der Waals surface area contributed by atoms with Crippen LogP contribution in [-0.2, 0) is 27.8 Å². The van der Waals surface area contributed by atoms with Crippen molar-refractivity contribution in [2.45, 2.75) is 25.3 Å². The lowest BCUT2D eigenvalue weighted by Gasteiger charge is -2.46. The average Bonchev–Trinajstić information content (AvgIpc) is 2.76. The largest absolute Gasteiger partial charge is 0.370 e. The smallest absolute Gasteiger partial charge is 0.211 e. The lowest BCUT2D eigenvalue weighted by molar-refractivity contribution is -0.140. The van der Waals surface area contributed by atoms with E-state index in [2.05, 4.69) is 15.9 Å². The second-order valence-electron chi connectivity index (χ2n) is 8.87. The number of halogens is 1. The molecule has 2 atom stereocenters. The van der Waals surface area contributed by atoms with Crippen molar-refractivity contribution in [1.82, 2.24) is 14.1 Å². The highest BCUT2D eigenvalue weighted by atomic mass is 32.2. The lowest BCUT2D eigenvalue weighted by atomic mass is 10.1. The molecule has 0 spiro atoms. The zero-order valence-corrected chi connectivity index (χ0v) is 19.5. The molecule has 9 heteroatoms. The molecule has 0 radical (unpaired) electrons. The van der Waals surface area contributed by atoms with E-state index in [-0.39, 0.29) is 24.6 Å². The van der Waals surface area contributed by atoms with E-state index in [0.29, 0.717) is 24.2 Å². The van der Waals surface area contributed by atoms with Crippen molar-refractivity contribution in [3.8, 4) is 6.07 Å². The van der Waals surface area contributed by atoms with Gasteiger partial charge in [-0.15, -0.1) is 0 Å². The molecule has 2 aromatic rings. The first-order valence-electron chi connectivity index (χ1n) is 11.1. The average molecular weight is 473 g/mol. The summed E-state index contributed by atoms with van der Waals surface area (Å²) in [4.78, 5) is 4.64. The van der Waals surface area contributed by atoms with E-state index in [9.17, 15) is 12.8 Å². The number of rotatable bonds is 8. The Morgan fingerprint density at radius 1 is 1.06 bits per heavy atom. The predicted octanol–water partition coefficient (Wildman–Crippen LogP) is 2.04. The lowest BCUT2D eigenvalue weighted by Crippen LogP contribution is -2.59. The van der Waals surface area contributed by atoms with Gasteiger partial charge in [-0.1, -0.05) is 24.3 Å². The Labute approximate surface area is 195 Å². The fourth-order valence-corrected chi connectivity index (χ4v) is 5.37. The van der Waals surface area contributed by atoms with Crippen LogP contribution in [0.2, 0.25) is 0 Å². The first-order chi connectivity index (χ1) is 15.8. The molecule has 2 aliphatic heterocycles. The number of morpholine rings is 2. The van der Waals surface area contributed by atoms with Crippen molar-refractivity contribution in [1.29, 1.82) is 5.26 Å². The van der Waals surface area contributed by atoms with Gasteiger partial charge in [-0.2, -0.15) is 9.57 Å². The maximum Gasteiger partial charge on any atom is 0.211 e. The highest BCUT2D eigenvalue weighted by molar-refractivity contribution is 7.88. The molecular weight excluding hydrogens is 443 g/mol. The summed E-state index contributed by atoms with van der Waals surface area (Å²) in [5.41, 5.74) is 2.47. The van der Waals surface area contributed by atoms with Crippen LogP contribution in [0.5, 0.6) is 0 Å². The summed E-state index contributed by atoms with van der Waals surface area (Å²) in [6, 6.07) is 15.9. The SMILES string of the molecule is CS(=O)(=O)N(CCN1CC2CN(Cc3ccc(C#N)cc3)CC(C1)O2)Cc1cccc(F)c1. The third-order valence-electron chi connectivity index (χ3n) is 6.10. The van der Waals surface area contributed by atoms with Crippen LogP contribution < -0.4 is 0 Å². The fraction of sp³-hybridized carbons (Fsp3) is 0.458. The zero-order chi connectivity index (χ0) is 23.4. The minimum absolute atomic E-state index is 0.0748. The van der Waals surface area contributed by atoms with Gasteiger partial charge >= 0.3 is 0 Å². The fourth-order valence-electron chi connectivity index (χ4n) is 4.57. The van der Waals surface area contributed by atoms with Crippen LogP contribution in [-0.4, -0.2) is 80.3 Å². The summed E-state index contributed by atoms with van der Waals surface area (Å²) in [6.45, 7) is 5.05. The zero-order valence-electron chi connectivity index (χ0n) is 18.7. The van der Waals surface area contributed by atoms with Gasteiger partial charge in [0.1, 0.15) is 5.82 Å². The third kappa shape index (κ3) is 6.59. The van der Waals surface area contributed by atoms with Gasteiger partial charge in [0, 0.05) is 52.4 Å². The van der Waals surface area contributed by atoms with Crippen molar-refractivity contribution in [3.05, 3.63) is 71.0 Å². The molecule has 2 heterocycles. The summed E-state index contributed by atoms with van der Waals surface area (Å²) in [6.07, 6.45) is 1.35. The van der Waals surface area contributed by atoms with E-state index in [1.54, 1.807) is 12.1 Å². The number of benzene rings is 2. The van der Waals surface area contributed by atoms with Gasteiger partial charge in [-0.25, -0.2) is 12.8 Å². The summed E-state index contributed by atoms with van der Waals surface area (Å²) in [5, 5.41) is 8.96. The van der Waals surface area contributed by atoms with E-state index in [4.69, 9.17) is 10.00 Å². The standard InChI is InChI=1S/C24H29FN4O3S/c1-33(30,31)29(14-21-3-2-4-22(25)11-21)10-9-27-15-23-17-28(18-24(16-27)32-23)13-20-7-5-19(12-26)6-8-20/h2-8,11,23-24H,9-10,13-18H2,1H3. The third-order valence-corrected chi connectivity index (χ3v) is 7.35. The van der Waals surface area contributed by atoms with Crippen LogP contribution in [0.15, 0.2) is 48.5 Å². The monoisotopic (exact) mass is 472 g/mol. The van der Waals surface area contributed by atoms with E-state index < -0.39 is 10.0 Å². The highest BCUT2D eigenvalue weighted by Crippen LogP contribution is 2.21. The number of hydrogen-bond acceptors (Lipinski definition) is 6. The van der Waals surface area contributed by atoms with Crippen molar-refractivity contribution in [2.24, 2.45) is 0 Å². The first kappa shape index (κ1) is 23.8. The molecule has 2 unspecified atom stereocenters. The molecular formula is C24H29FN4O3S. The topological polar surface area (TPSA) is 76.9 Å². The van der Waals surface area contributed by atoms with Crippen molar-refractivity contribution in [3.63, 3.8) is 0 Å². The van der Waals surface area contributed by atoms with Crippen LogP contribution in [0.3, 0.4) is 0 Å². The molecule has 4 rings (SSSR count). The minimum Gasteiger partial charge on any atom is -0.370 e. The molecule has 176 valence electrons. The number of ether oxygens (including phenoxy) is 1. The number of nitrogens with zero attached hydrogens (tertiary/aromatic N) is 4. The quantitative estimate of drug-likeness (QED) is 0.585. The Morgan fingerprint density at radius 2 is 1.73 bits per heavy atom. The van der Waals surface area contributed by atoms with E-state index in [1.807, 2.05) is 24.3 Å². The molecule has 2 aromatic carbocycles. The normalized spacial score (nSPS) is 21.8. The van der Waals surface area contributed by atoms with Crippen LogP contribution in [0, 0.1) is 17.1 Å². The van der Waals surface area contributed by atoms with Gasteiger partial charge in [0.25, 0.3) is 0 Å². The number of sulfonamides is 1. The first-order valence-corrected chi connectivity index (χ1v) is 12.9. The minimum atomic E-state index is -3.42. The molecule has 2 saturated heterocycles. The summed E-state index contributed by atoms with van der Waals surface area (Å²) >= 11 is 0. The van der Waals surface area contributed by atoms with Crippen molar-refractivity contribution in [2.75, 3.05) is 45.5 Å². The van der Waals surface area contributed by atoms with Crippen LogP contribution in [0.4, 0.5) is 4.39 Å². The summed E-state index contributed by atoms with van der Waals surface area (Å²) < 4.78 is 45.7. The molecule has 2 bridgehead atoms. The maximum atomic E-state index is 13.5.